The van der Waals surface area contributed by atoms with Gasteiger partial charge in [-0.15, -0.1) is 0 Å². The summed E-state index contributed by atoms with van der Waals surface area (Å²) < 4.78 is 0. The zero-order valence-electron chi connectivity index (χ0n) is 18.6. The molecule has 0 aromatic rings. The van der Waals surface area contributed by atoms with Gasteiger partial charge in [-0.25, -0.2) is 0 Å². The summed E-state index contributed by atoms with van der Waals surface area (Å²) in [5.41, 5.74) is 0. The van der Waals surface area contributed by atoms with Crippen molar-refractivity contribution in [2.45, 2.75) is 123 Å². The number of hydrogen-bond acceptors (Lipinski definition) is 0. The van der Waals surface area contributed by atoms with Crippen molar-refractivity contribution in [3.8, 4) is 0 Å². The minimum absolute atomic E-state index is 1.02. The first-order valence-corrected chi connectivity index (χ1v) is 13.2. The van der Waals surface area contributed by atoms with E-state index < -0.39 is 0 Å². The molecular weight excluding hydrogens is 324 g/mol. The minimum Gasteiger partial charge on any atom is -0.0651 e. The molecular formula is C27H48. The fourth-order valence-electron chi connectivity index (χ4n) is 8.17. The lowest BCUT2D eigenvalue weighted by Gasteiger charge is -2.48. The zero-order chi connectivity index (χ0) is 18.6. The van der Waals surface area contributed by atoms with Gasteiger partial charge in [0.2, 0.25) is 0 Å². The van der Waals surface area contributed by atoms with E-state index in [0.717, 1.165) is 47.3 Å². The molecule has 4 saturated carbocycles. The van der Waals surface area contributed by atoms with Crippen LogP contribution in [-0.2, 0) is 0 Å². The van der Waals surface area contributed by atoms with Crippen molar-refractivity contribution in [2.75, 3.05) is 0 Å². The average Bonchev–Trinajstić information content (AvgIpc) is 2.71. The molecule has 156 valence electrons. The van der Waals surface area contributed by atoms with E-state index >= 15 is 0 Å². The van der Waals surface area contributed by atoms with E-state index in [4.69, 9.17) is 0 Å². The summed E-state index contributed by atoms with van der Waals surface area (Å²) in [5, 5.41) is 0. The molecule has 0 aromatic heterocycles. The third kappa shape index (κ3) is 5.14. The molecule has 0 amide bonds. The molecule has 4 aliphatic rings. The van der Waals surface area contributed by atoms with Crippen molar-refractivity contribution in [3.05, 3.63) is 0 Å². The van der Waals surface area contributed by atoms with E-state index in [9.17, 15) is 0 Å². The Morgan fingerprint density at radius 1 is 0.593 bits per heavy atom. The molecule has 5 unspecified atom stereocenters. The monoisotopic (exact) mass is 372 g/mol. The largest absolute Gasteiger partial charge is 0.0651 e. The van der Waals surface area contributed by atoms with E-state index in [-0.39, 0.29) is 0 Å². The smallest absolute Gasteiger partial charge is 0.0355 e. The van der Waals surface area contributed by atoms with Crippen LogP contribution in [0.2, 0.25) is 0 Å². The highest BCUT2D eigenvalue weighted by Gasteiger charge is 2.42. The summed E-state index contributed by atoms with van der Waals surface area (Å²) in [6.07, 6.45) is 26.5. The number of rotatable bonds is 5. The van der Waals surface area contributed by atoms with Crippen LogP contribution in [0.3, 0.4) is 0 Å². The van der Waals surface area contributed by atoms with Gasteiger partial charge in [-0.2, -0.15) is 0 Å². The molecule has 0 bridgehead atoms. The molecule has 0 radical (unpaired) electrons. The Balaban J connectivity index is 1.28. The second-order valence-corrected chi connectivity index (χ2v) is 11.6. The molecule has 4 aliphatic carbocycles. The molecule has 27 heavy (non-hydrogen) atoms. The summed E-state index contributed by atoms with van der Waals surface area (Å²) in [4.78, 5) is 0. The molecule has 5 atom stereocenters. The first kappa shape index (κ1) is 20.3. The normalized spacial score (nSPS) is 44.0. The van der Waals surface area contributed by atoms with Gasteiger partial charge >= 0.3 is 0 Å². The maximum absolute atomic E-state index is 2.61. The van der Waals surface area contributed by atoms with Gasteiger partial charge in [-0.05, 0) is 79.4 Å². The highest BCUT2D eigenvalue weighted by Crippen LogP contribution is 2.52. The van der Waals surface area contributed by atoms with Crippen LogP contribution in [0.15, 0.2) is 0 Å². The Hall–Kier alpha value is 0. The van der Waals surface area contributed by atoms with Gasteiger partial charge in [0, 0.05) is 0 Å². The SMILES string of the molecule is CCC1CCC(CC2CCC3C(CCC(C)C3CC3CCCCC3)C2)CC1. The number of hydrogen-bond donors (Lipinski definition) is 0. The molecule has 4 fully saturated rings. The van der Waals surface area contributed by atoms with Gasteiger partial charge in [0.05, 0.1) is 0 Å². The lowest BCUT2D eigenvalue weighted by Crippen LogP contribution is -2.39. The molecule has 0 heteroatoms. The third-order valence-corrected chi connectivity index (χ3v) is 9.96. The molecule has 0 N–H and O–H groups in total. The first-order chi connectivity index (χ1) is 13.2. The lowest BCUT2D eigenvalue weighted by atomic mass is 9.57. The fraction of sp³-hybridized carbons (Fsp3) is 1.00. The van der Waals surface area contributed by atoms with Crippen LogP contribution in [0.1, 0.15) is 123 Å². The summed E-state index contributed by atoms with van der Waals surface area (Å²) in [7, 11) is 0. The van der Waals surface area contributed by atoms with Gasteiger partial charge < -0.3 is 0 Å². The summed E-state index contributed by atoms with van der Waals surface area (Å²) in [6.45, 7) is 5.02. The van der Waals surface area contributed by atoms with Crippen molar-refractivity contribution >= 4 is 0 Å². The lowest BCUT2D eigenvalue weighted by molar-refractivity contribution is 0.0178. The van der Waals surface area contributed by atoms with E-state index in [1.807, 2.05) is 0 Å². The Bertz CT molecular complexity index is 425. The predicted octanol–water partition coefficient (Wildman–Crippen LogP) is 8.64. The van der Waals surface area contributed by atoms with Crippen molar-refractivity contribution in [1.29, 1.82) is 0 Å². The van der Waals surface area contributed by atoms with E-state index in [0.29, 0.717) is 0 Å². The van der Waals surface area contributed by atoms with E-state index in [1.54, 1.807) is 83.5 Å². The van der Waals surface area contributed by atoms with Crippen molar-refractivity contribution in [3.63, 3.8) is 0 Å². The van der Waals surface area contributed by atoms with Gasteiger partial charge in [-0.3, -0.25) is 0 Å². The van der Waals surface area contributed by atoms with Crippen LogP contribution in [0, 0.1) is 47.3 Å². The molecule has 0 aromatic carbocycles. The molecule has 0 nitrogen and oxygen atoms in total. The van der Waals surface area contributed by atoms with Crippen LogP contribution in [0.25, 0.3) is 0 Å². The van der Waals surface area contributed by atoms with Gasteiger partial charge in [0.1, 0.15) is 0 Å². The van der Waals surface area contributed by atoms with E-state index in [2.05, 4.69) is 13.8 Å². The standard InChI is InChI=1S/C27H48/c1-3-21-10-12-23(13-11-21)17-24-14-16-26-25(18-24)15-9-20(2)27(26)19-22-7-5-4-6-8-22/h20-27H,3-19H2,1-2H3. The summed E-state index contributed by atoms with van der Waals surface area (Å²) in [6, 6.07) is 0. The van der Waals surface area contributed by atoms with Crippen LogP contribution in [0.4, 0.5) is 0 Å². The van der Waals surface area contributed by atoms with Crippen molar-refractivity contribution in [1.82, 2.24) is 0 Å². The number of fused-ring (bicyclic) bond motifs is 1. The van der Waals surface area contributed by atoms with Crippen LogP contribution in [-0.4, -0.2) is 0 Å². The Morgan fingerprint density at radius 3 is 2.00 bits per heavy atom. The molecule has 0 heterocycles. The second kappa shape index (κ2) is 9.67. The maximum atomic E-state index is 2.61. The molecule has 0 saturated heterocycles. The fourth-order valence-corrected chi connectivity index (χ4v) is 8.17. The Labute approximate surface area is 170 Å². The Kier molecular flexibility index (Phi) is 7.26. The highest BCUT2D eigenvalue weighted by molar-refractivity contribution is 4.92. The minimum atomic E-state index is 1.02. The van der Waals surface area contributed by atoms with Gasteiger partial charge in [-0.1, -0.05) is 90.9 Å². The van der Waals surface area contributed by atoms with Gasteiger partial charge in [0.15, 0.2) is 0 Å². The predicted molar refractivity (Wildman–Crippen MR) is 118 cm³/mol. The first-order valence-electron chi connectivity index (χ1n) is 13.2. The zero-order valence-corrected chi connectivity index (χ0v) is 18.6. The summed E-state index contributed by atoms with van der Waals surface area (Å²) >= 11 is 0. The molecule has 4 rings (SSSR count). The third-order valence-electron chi connectivity index (χ3n) is 9.96. The van der Waals surface area contributed by atoms with Gasteiger partial charge in [0.25, 0.3) is 0 Å². The Morgan fingerprint density at radius 2 is 1.26 bits per heavy atom. The van der Waals surface area contributed by atoms with Crippen molar-refractivity contribution < 1.29 is 0 Å². The maximum Gasteiger partial charge on any atom is -0.0355 e. The van der Waals surface area contributed by atoms with Crippen molar-refractivity contribution in [2.24, 2.45) is 47.3 Å². The summed E-state index contributed by atoms with van der Waals surface area (Å²) in [5.74, 6) is 8.69. The van der Waals surface area contributed by atoms with E-state index in [1.165, 1.54) is 25.7 Å². The quantitative estimate of drug-likeness (QED) is 0.453. The van der Waals surface area contributed by atoms with Crippen LogP contribution >= 0.6 is 0 Å². The molecule has 0 aliphatic heterocycles. The topological polar surface area (TPSA) is 0 Å². The van der Waals surface area contributed by atoms with Crippen LogP contribution in [0.5, 0.6) is 0 Å². The van der Waals surface area contributed by atoms with Crippen LogP contribution < -0.4 is 0 Å². The molecule has 0 spiro atoms. The highest BCUT2D eigenvalue weighted by atomic mass is 14.5. The average molecular weight is 373 g/mol. The second-order valence-electron chi connectivity index (χ2n) is 11.6.